The number of halogens is 1. The van der Waals surface area contributed by atoms with E-state index in [0.717, 1.165) is 22.4 Å². The van der Waals surface area contributed by atoms with Crippen LogP contribution in [-0.4, -0.2) is 12.4 Å². The molecule has 0 bridgehead atoms. The van der Waals surface area contributed by atoms with Crippen LogP contribution < -0.4 is 4.74 Å². The van der Waals surface area contributed by atoms with E-state index in [2.05, 4.69) is 0 Å². The fourth-order valence-corrected chi connectivity index (χ4v) is 2.49. The van der Waals surface area contributed by atoms with Crippen molar-refractivity contribution in [3.63, 3.8) is 0 Å². The van der Waals surface area contributed by atoms with Gasteiger partial charge in [-0.15, -0.1) is 0 Å². The molecule has 2 nitrogen and oxygen atoms in total. The Morgan fingerprint density at radius 3 is 2.35 bits per heavy atom. The molecule has 0 fully saturated rings. The molecule has 0 aliphatic rings. The fourth-order valence-electron chi connectivity index (χ4n) is 2.16. The summed E-state index contributed by atoms with van der Waals surface area (Å²) in [5.41, 5.74) is 3.61. The van der Waals surface area contributed by atoms with Crippen LogP contribution in [0.25, 0.3) is 0 Å². The average Bonchev–Trinajstić information content (AvgIpc) is 2.37. The van der Waals surface area contributed by atoms with Crippen molar-refractivity contribution < 1.29 is 9.53 Å². The normalized spacial score (nSPS) is 10.4. The minimum Gasteiger partial charge on any atom is -0.485 e. The zero-order valence-electron chi connectivity index (χ0n) is 11.9. The summed E-state index contributed by atoms with van der Waals surface area (Å²) in [7, 11) is 0. The molecule has 2 rings (SSSR count). The molecular formula is C17H17ClO2. The van der Waals surface area contributed by atoms with E-state index in [1.807, 2.05) is 51.1 Å². The van der Waals surface area contributed by atoms with Crippen LogP contribution in [0, 0.1) is 20.8 Å². The molecule has 0 unspecified atom stereocenters. The first-order valence-corrected chi connectivity index (χ1v) is 6.84. The predicted octanol–water partition coefficient (Wildman–Crippen LogP) is 4.53. The first-order valence-electron chi connectivity index (χ1n) is 6.47. The third-order valence-electron chi connectivity index (χ3n) is 3.11. The number of ether oxygens (including phenoxy) is 1. The number of aryl methyl sites for hydroxylation is 3. The van der Waals surface area contributed by atoms with Gasteiger partial charge in [0.15, 0.2) is 12.4 Å². The molecule has 2 aromatic carbocycles. The second-order valence-corrected chi connectivity index (χ2v) is 5.39. The van der Waals surface area contributed by atoms with Gasteiger partial charge in [0, 0.05) is 10.6 Å². The minimum atomic E-state index is -0.0255. The summed E-state index contributed by atoms with van der Waals surface area (Å²) in [4.78, 5) is 12.1. The van der Waals surface area contributed by atoms with E-state index in [0.29, 0.717) is 10.6 Å². The van der Waals surface area contributed by atoms with Crippen LogP contribution in [0.15, 0.2) is 36.4 Å². The molecule has 0 amide bonds. The van der Waals surface area contributed by atoms with Crippen LogP contribution in [0.4, 0.5) is 0 Å². The van der Waals surface area contributed by atoms with E-state index >= 15 is 0 Å². The third-order valence-corrected chi connectivity index (χ3v) is 3.33. The van der Waals surface area contributed by atoms with Gasteiger partial charge in [-0.25, -0.2) is 0 Å². The van der Waals surface area contributed by atoms with Gasteiger partial charge in [0.25, 0.3) is 0 Å². The maximum absolute atomic E-state index is 12.1. The summed E-state index contributed by atoms with van der Waals surface area (Å²) in [5, 5.41) is 0.678. The second-order valence-electron chi connectivity index (χ2n) is 4.95. The standard InChI is InChI=1S/C17H17ClO2/c1-11-5-4-6-14(7-11)16(19)10-20-17-12(2)8-15(18)9-13(17)3/h4-9H,10H2,1-3H3. The Kier molecular flexibility index (Phi) is 4.46. The topological polar surface area (TPSA) is 26.3 Å². The Morgan fingerprint density at radius 2 is 1.75 bits per heavy atom. The van der Waals surface area contributed by atoms with Crippen LogP contribution in [0.3, 0.4) is 0 Å². The highest BCUT2D eigenvalue weighted by Crippen LogP contribution is 2.27. The molecule has 3 heteroatoms. The molecule has 0 aromatic heterocycles. The van der Waals surface area contributed by atoms with Gasteiger partial charge in [-0.3, -0.25) is 4.79 Å². The van der Waals surface area contributed by atoms with E-state index < -0.39 is 0 Å². The maximum atomic E-state index is 12.1. The number of benzene rings is 2. The summed E-state index contributed by atoms with van der Waals surface area (Å²) in [6.45, 7) is 5.84. The van der Waals surface area contributed by atoms with Crippen molar-refractivity contribution in [2.24, 2.45) is 0 Å². The number of rotatable bonds is 4. The molecule has 104 valence electrons. The van der Waals surface area contributed by atoms with E-state index in [9.17, 15) is 4.79 Å². The zero-order valence-corrected chi connectivity index (χ0v) is 12.6. The molecule has 0 radical (unpaired) electrons. The Hall–Kier alpha value is -1.80. The lowest BCUT2D eigenvalue weighted by Gasteiger charge is -2.12. The highest BCUT2D eigenvalue weighted by atomic mass is 35.5. The molecule has 0 N–H and O–H groups in total. The van der Waals surface area contributed by atoms with Gasteiger partial charge in [-0.05, 0) is 50.1 Å². The van der Waals surface area contributed by atoms with Crippen LogP contribution in [-0.2, 0) is 0 Å². The Bertz CT molecular complexity index is 624. The van der Waals surface area contributed by atoms with Crippen molar-refractivity contribution >= 4 is 17.4 Å². The van der Waals surface area contributed by atoms with Crippen LogP contribution in [0.2, 0.25) is 5.02 Å². The minimum absolute atomic E-state index is 0.0255. The Morgan fingerprint density at radius 1 is 1.10 bits per heavy atom. The summed E-state index contributed by atoms with van der Waals surface area (Å²) < 4.78 is 5.67. The predicted molar refractivity (Wildman–Crippen MR) is 81.9 cm³/mol. The third kappa shape index (κ3) is 3.40. The molecule has 0 aliphatic heterocycles. The van der Waals surface area contributed by atoms with E-state index in [-0.39, 0.29) is 12.4 Å². The monoisotopic (exact) mass is 288 g/mol. The van der Waals surface area contributed by atoms with Crippen molar-refractivity contribution in [3.8, 4) is 5.75 Å². The largest absolute Gasteiger partial charge is 0.485 e. The SMILES string of the molecule is Cc1cccc(C(=O)COc2c(C)cc(Cl)cc2C)c1. The zero-order chi connectivity index (χ0) is 14.7. The lowest BCUT2D eigenvalue weighted by atomic mass is 10.1. The van der Waals surface area contributed by atoms with Crippen molar-refractivity contribution in [1.82, 2.24) is 0 Å². The molecule has 0 heterocycles. The Labute approximate surface area is 124 Å². The summed E-state index contributed by atoms with van der Waals surface area (Å²) in [6.07, 6.45) is 0. The van der Waals surface area contributed by atoms with Crippen molar-refractivity contribution in [2.75, 3.05) is 6.61 Å². The molecule has 0 atom stereocenters. The van der Waals surface area contributed by atoms with Crippen molar-refractivity contribution in [1.29, 1.82) is 0 Å². The molecule has 2 aromatic rings. The number of carbonyl (C=O) groups is 1. The average molecular weight is 289 g/mol. The summed E-state index contributed by atoms with van der Waals surface area (Å²) in [6, 6.07) is 11.2. The first-order chi connectivity index (χ1) is 9.47. The number of Topliss-reactive ketones (excluding diaryl/α,β-unsaturated/α-hetero) is 1. The molecule has 0 saturated heterocycles. The molecule has 0 aliphatic carbocycles. The lowest BCUT2D eigenvalue weighted by molar-refractivity contribution is 0.0920. The highest BCUT2D eigenvalue weighted by molar-refractivity contribution is 6.30. The van der Waals surface area contributed by atoms with Gasteiger partial charge in [-0.1, -0.05) is 35.4 Å². The van der Waals surface area contributed by atoms with Crippen molar-refractivity contribution in [2.45, 2.75) is 20.8 Å². The summed E-state index contributed by atoms with van der Waals surface area (Å²) >= 11 is 5.98. The van der Waals surface area contributed by atoms with Crippen LogP contribution in [0.5, 0.6) is 5.75 Å². The number of carbonyl (C=O) groups excluding carboxylic acids is 1. The first kappa shape index (κ1) is 14.6. The van der Waals surface area contributed by atoms with Gasteiger partial charge in [0.2, 0.25) is 0 Å². The van der Waals surface area contributed by atoms with Gasteiger partial charge < -0.3 is 4.74 Å². The summed E-state index contributed by atoms with van der Waals surface area (Å²) in [5.74, 6) is 0.706. The number of hydrogen-bond donors (Lipinski definition) is 0. The second kappa shape index (κ2) is 6.10. The molecular weight excluding hydrogens is 272 g/mol. The smallest absolute Gasteiger partial charge is 0.200 e. The van der Waals surface area contributed by atoms with Gasteiger partial charge in [-0.2, -0.15) is 0 Å². The van der Waals surface area contributed by atoms with Gasteiger partial charge in [0.05, 0.1) is 0 Å². The molecule has 20 heavy (non-hydrogen) atoms. The van der Waals surface area contributed by atoms with Gasteiger partial charge >= 0.3 is 0 Å². The van der Waals surface area contributed by atoms with Gasteiger partial charge in [0.1, 0.15) is 5.75 Å². The van der Waals surface area contributed by atoms with Crippen molar-refractivity contribution in [3.05, 3.63) is 63.7 Å². The quantitative estimate of drug-likeness (QED) is 0.773. The Balaban J connectivity index is 2.11. The van der Waals surface area contributed by atoms with E-state index in [1.54, 1.807) is 6.07 Å². The van der Waals surface area contributed by atoms with E-state index in [1.165, 1.54) is 0 Å². The maximum Gasteiger partial charge on any atom is 0.200 e. The number of hydrogen-bond acceptors (Lipinski definition) is 2. The lowest BCUT2D eigenvalue weighted by Crippen LogP contribution is -2.12. The van der Waals surface area contributed by atoms with Crippen LogP contribution >= 0.6 is 11.6 Å². The molecule has 0 spiro atoms. The van der Waals surface area contributed by atoms with Crippen LogP contribution in [0.1, 0.15) is 27.0 Å². The number of ketones is 1. The fraction of sp³-hybridized carbons (Fsp3) is 0.235. The highest BCUT2D eigenvalue weighted by Gasteiger charge is 2.10. The van der Waals surface area contributed by atoms with E-state index in [4.69, 9.17) is 16.3 Å². The molecule has 0 saturated carbocycles.